The lowest BCUT2D eigenvalue weighted by Crippen LogP contribution is -2.50. The number of imidazole rings is 1. The number of methoxy groups -OCH3 is 1. The van der Waals surface area contributed by atoms with Crippen molar-refractivity contribution in [1.29, 1.82) is 0 Å². The molecular formula is C18H23F2N5O2. The number of rotatable bonds is 5. The van der Waals surface area contributed by atoms with Gasteiger partial charge in [0.15, 0.2) is 0 Å². The van der Waals surface area contributed by atoms with Gasteiger partial charge in [0.05, 0.1) is 24.9 Å². The lowest BCUT2D eigenvalue weighted by atomic mass is 9.99. The number of aliphatic hydroxyl groups excluding tert-OH is 1. The SMILES string of the molecule is COCCN1CC[C@H](n2c([C@@H](C)O)nc3cnc4[nH]ccc4c32)C(F)(F)C1. The average Bonchev–Trinajstić information content (AvgIpc) is 3.22. The molecule has 146 valence electrons. The summed E-state index contributed by atoms with van der Waals surface area (Å²) in [5, 5.41) is 10.9. The number of hydrogen-bond donors (Lipinski definition) is 2. The number of pyridine rings is 1. The van der Waals surface area contributed by atoms with Gasteiger partial charge in [0.2, 0.25) is 0 Å². The summed E-state index contributed by atoms with van der Waals surface area (Å²) in [5.41, 5.74) is 1.71. The van der Waals surface area contributed by atoms with Crippen molar-refractivity contribution in [2.75, 3.05) is 33.4 Å². The van der Waals surface area contributed by atoms with Gasteiger partial charge in [0, 0.05) is 31.8 Å². The van der Waals surface area contributed by atoms with Gasteiger partial charge in [-0.05, 0) is 19.4 Å². The molecule has 0 aromatic carbocycles. The van der Waals surface area contributed by atoms with E-state index in [2.05, 4.69) is 15.0 Å². The third kappa shape index (κ3) is 3.09. The van der Waals surface area contributed by atoms with Gasteiger partial charge in [-0.15, -0.1) is 0 Å². The second-order valence-corrected chi connectivity index (χ2v) is 7.08. The first-order valence-electron chi connectivity index (χ1n) is 9.03. The van der Waals surface area contributed by atoms with Crippen LogP contribution in [-0.4, -0.2) is 68.8 Å². The maximum absolute atomic E-state index is 15.2. The number of aromatic amines is 1. The maximum atomic E-state index is 15.2. The summed E-state index contributed by atoms with van der Waals surface area (Å²) in [4.78, 5) is 13.4. The van der Waals surface area contributed by atoms with Crippen LogP contribution >= 0.6 is 0 Å². The zero-order chi connectivity index (χ0) is 19.2. The van der Waals surface area contributed by atoms with E-state index in [9.17, 15) is 5.11 Å². The van der Waals surface area contributed by atoms with Gasteiger partial charge in [-0.25, -0.2) is 18.7 Å². The standard InChI is InChI=1S/C18H23F2N5O2/c1-11(26)17-23-13-9-22-16-12(3-5-21-16)15(13)25(17)14-4-6-24(7-8-27-2)10-18(14,19)20/h3,5,9,11,14,26H,4,6-8,10H2,1-2H3,(H,21,22)/t11-,14+/m1/s1. The van der Waals surface area contributed by atoms with Crippen molar-refractivity contribution in [2.45, 2.75) is 31.4 Å². The molecule has 27 heavy (non-hydrogen) atoms. The van der Waals surface area contributed by atoms with Crippen LogP contribution < -0.4 is 0 Å². The fourth-order valence-electron chi connectivity index (χ4n) is 3.95. The zero-order valence-corrected chi connectivity index (χ0v) is 15.3. The Kier molecular flexibility index (Phi) is 4.61. The van der Waals surface area contributed by atoms with E-state index in [4.69, 9.17) is 4.74 Å². The molecule has 0 radical (unpaired) electrons. The minimum Gasteiger partial charge on any atom is -0.385 e. The van der Waals surface area contributed by atoms with E-state index in [1.807, 2.05) is 0 Å². The topological polar surface area (TPSA) is 79.2 Å². The van der Waals surface area contributed by atoms with Gasteiger partial charge in [0.25, 0.3) is 5.92 Å². The molecule has 0 spiro atoms. The lowest BCUT2D eigenvalue weighted by molar-refractivity contribution is -0.106. The molecule has 1 aliphatic heterocycles. The molecule has 0 aliphatic carbocycles. The van der Waals surface area contributed by atoms with Crippen molar-refractivity contribution in [1.82, 2.24) is 24.4 Å². The second-order valence-electron chi connectivity index (χ2n) is 7.08. The first kappa shape index (κ1) is 18.3. The molecule has 0 bridgehead atoms. The molecule has 4 heterocycles. The molecule has 7 nitrogen and oxygen atoms in total. The number of hydrogen-bond acceptors (Lipinski definition) is 5. The van der Waals surface area contributed by atoms with Gasteiger partial charge in [0.1, 0.15) is 29.1 Å². The molecule has 3 aromatic rings. The Hall–Kier alpha value is -2.10. The van der Waals surface area contributed by atoms with E-state index >= 15 is 8.78 Å². The van der Waals surface area contributed by atoms with Crippen LogP contribution in [0.4, 0.5) is 8.78 Å². The summed E-state index contributed by atoms with van der Waals surface area (Å²) in [6.45, 7) is 2.62. The van der Waals surface area contributed by atoms with Crippen molar-refractivity contribution in [3.63, 3.8) is 0 Å². The molecule has 1 saturated heterocycles. The van der Waals surface area contributed by atoms with Crippen LogP contribution in [0.3, 0.4) is 0 Å². The van der Waals surface area contributed by atoms with Crippen LogP contribution in [0.2, 0.25) is 0 Å². The maximum Gasteiger partial charge on any atom is 0.280 e. The molecule has 1 aliphatic rings. The molecule has 2 atom stereocenters. The molecule has 2 N–H and O–H groups in total. The van der Waals surface area contributed by atoms with Crippen LogP contribution in [0.1, 0.15) is 31.3 Å². The number of aromatic nitrogens is 4. The monoisotopic (exact) mass is 379 g/mol. The van der Waals surface area contributed by atoms with Gasteiger partial charge < -0.3 is 19.4 Å². The highest BCUT2D eigenvalue weighted by atomic mass is 19.3. The fraction of sp³-hybridized carbons (Fsp3) is 0.556. The number of nitrogens with one attached hydrogen (secondary N) is 1. The Morgan fingerprint density at radius 1 is 1.48 bits per heavy atom. The van der Waals surface area contributed by atoms with Crippen molar-refractivity contribution >= 4 is 22.1 Å². The minimum atomic E-state index is -2.96. The summed E-state index contributed by atoms with van der Waals surface area (Å²) in [6.07, 6.45) is 2.58. The zero-order valence-electron chi connectivity index (χ0n) is 15.3. The Morgan fingerprint density at radius 3 is 3.00 bits per heavy atom. The number of halogens is 2. The van der Waals surface area contributed by atoms with E-state index in [0.717, 1.165) is 5.39 Å². The van der Waals surface area contributed by atoms with Crippen molar-refractivity contribution in [3.05, 3.63) is 24.3 Å². The third-order valence-corrected chi connectivity index (χ3v) is 5.20. The number of alkyl halides is 2. The van der Waals surface area contributed by atoms with Crippen LogP contribution in [0.5, 0.6) is 0 Å². The predicted octanol–water partition coefficient (Wildman–Crippen LogP) is 2.49. The molecule has 0 saturated carbocycles. The number of nitrogens with zero attached hydrogens (tertiary/aromatic N) is 4. The van der Waals surface area contributed by atoms with E-state index < -0.39 is 18.1 Å². The average molecular weight is 379 g/mol. The number of likely N-dealkylation sites (tertiary alicyclic amines) is 1. The summed E-state index contributed by atoms with van der Waals surface area (Å²) in [7, 11) is 1.56. The Balaban J connectivity index is 1.82. The van der Waals surface area contributed by atoms with Crippen LogP contribution in [-0.2, 0) is 4.74 Å². The second kappa shape index (κ2) is 6.81. The Labute approximate surface area is 155 Å². The summed E-state index contributed by atoms with van der Waals surface area (Å²) in [5.74, 6) is -2.72. The van der Waals surface area contributed by atoms with Crippen molar-refractivity contribution in [3.8, 4) is 0 Å². The van der Waals surface area contributed by atoms with Gasteiger partial charge in [-0.1, -0.05) is 0 Å². The minimum absolute atomic E-state index is 0.246. The quantitative estimate of drug-likeness (QED) is 0.712. The first-order valence-corrected chi connectivity index (χ1v) is 9.03. The summed E-state index contributed by atoms with van der Waals surface area (Å²) < 4.78 is 36.9. The van der Waals surface area contributed by atoms with Crippen molar-refractivity contribution in [2.24, 2.45) is 0 Å². The Morgan fingerprint density at radius 2 is 2.30 bits per heavy atom. The van der Waals surface area contributed by atoms with Gasteiger partial charge >= 0.3 is 0 Å². The molecule has 0 amide bonds. The number of piperidine rings is 1. The van der Waals surface area contributed by atoms with Crippen LogP contribution in [0.25, 0.3) is 22.1 Å². The van der Waals surface area contributed by atoms with E-state index in [0.29, 0.717) is 36.4 Å². The molecule has 3 aromatic heterocycles. The number of fused-ring (bicyclic) bond motifs is 3. The highest BCUT2D eigenvalue weighted by molar-refractivity contribution is 6.01. The molecule has 1 fully saturated rings. The molecule has 4 rings (SSSR count). The fourth-order valence-corrected chi connectivity index (χ4v) is 3.95. The van der Waals surface area contributed by atoms with E-state index in [-0.39, 0.29) is 18.8 Å². The smallest absolute Gasteiger partial charge is 0.280 e. The van der Waals surface area contributed by atoms with Crippen molar-refractivity contribution < 1.29 is 18.6 Å². The van der Waals surface area contributed by atoms with Gasteiger partial charge in [-0.2, -0.15) is 0 Å². The predicted molar refractivity (Wildman–Crippen MR) is 96.9 cm³/mol. The first-order chi connectivity index (χ1) is 12.9. The molecule has 9 heteroatoms. The summed E-state index contributed by atoms with van der Waals surface area (Å²) >= 11 is 0. The Bertz CT molecular complexity index is 952. The number of H-pyrrole nitrogens is 1. The lowest BCUT2D eigenvalue weighted by Gasteiger charge is -2.39. The number of aliphatic hydroxyl groups is 1. The van der Waals surface area contributed by atoms with E-state index in [1.165, 1.54) is 4.57 Å². The van der Waals surface area contributed by atoms with Crippen LogP contribution in [0.15, 0.2) is 18.5 Å². The third-order valence-electron chi connectivity index (χ3n) is 5.20. The largest absolute Gasteiger partial charge is 0.385 e. The molecular weight excluding hydrogens is 356 g/mol. The summed E-state index contributed by atoms with van der Waals surface area (Å²) in [6, 6.07) is 0.729. The highest BCUT2D eigenvalue weighted by Gasteiger charge is 2.47. The van der Waals surface area contributed by atoms with Gasteiger partial charge in [-0.3, -0.25) is 4.90 Å². The number of ether oxygens (including phenoxy) is 1. The normalized spacial score (nSPS) is 21.9. The highest BCUT2D eigenvalue weighted by Crippen LogP contribution is 2.41. The molecule has 0 unspecified atom stereocenters. The van der Waals surface area contributed by atoms with E-state index in [1.54, 1.807) is 37.4 Å². The van der Waals surface area contributed by atoms with Crippen LogP contribution in [0, 0.1) is 0 Å².